The third-order valence-corrected chi connectivity index (χ3v) is 8.68. The summed E-state index contributed by atoms with van der Waals surface area (Å²) in [6.07, 6.45) is -19.1. The van der Waals surface area contributed by atoms with Crippen molar-refractivity contribution >= 4 is 22.8 Å². The van der Waals surface area contributed by atoms with E-state index in [0.717, 1.165) is 12.3 Å². The molecule has 1 saturated heterocycles. The lowest BCUT2D eigenvalue weighted by atomic mass is 9.96. The molecular formula is C28H35FN2O16. The Hall–Kier alpha value is -3.34. The van der Waals surface area contributed by atoms with Crippen LogP contribution in [0.2, 0.25) is 0 Å². The zero-order chi connectivity index (χ0) is 34.7. The number of rotatable bonds is 11. The highest BCUT2D eigenvalue weighted by atomic mass is 19.1. The number of hydrogen-bond donors (Lipinski definition) is 11. The van der Waals surface area contributed by atoms with E-state index < -0.39 is 108 Å². The third-order valence-electron chi connectivity index (χ3n) is 8.68. The number of benzene rings is 1. The fourth-order valence-corrected chi connectivity index (χ4v) is 5.82. The number of carbonyl (C=O) groups excluding carboxylic acids is 1. The molecular weight excluding hydrogens is 639 g/mol. The summed E-state index contributed by atoms with van der Waals surface area (Å²) in [5, 5.41) is 101. The van der Waals surface area contributed by atoms with E-state index in [4.69, 9.17) is 19.3 Å². The Kier molecular flexibility index (Phi) is 9.63. The molecule has 3 aliphatic rings. The Morgan fingerprint density at radius 3 is 2.34 bits per heavy atom. The van der Waals surface area contributed by atoms with Gasteiger partial charge in [-0.1, -0.05) is 0 Å². The fourth-order valence-electron chi connectivity index (χ4n) is 5.82. The third kappa shape index (κ3) is 6.08. The van der Waals surface area contributed by atoms with Gasteiger partial charge in [-0.2, -0.15) is 0 Å². The van der Waals surface area contributed by atoms with Crippen LogP contribution in [-0.2, 0) is 19.8 Å². The van der Waals surface area contributed by atoms with Gasteiger partial charge < -0.3 is 69.8 Å². The van der Waals surface area contributed by atoms with Crippen molar-refractivity contribution in [2.45, 2.75) is 92.7 Å². The Morgan fingerprint density at radius 2 is 1.74 bits per heavy atom. The number of aliphatic carboxylic acids is 1. The van der Waals surface area contributed by atoms with E-state index in [1.165, 1.54) is 4.57 Å². The summed E-state index contributed by atoms with van der Waals surface area (Å²) >= 11 is 0. The van der Waals surface area contributed by atoms with Crippen molar-refractivity contribution in [2.75, 3.05) is 13.2 Å². The van der Waals surface area contributed by atoms with Crippen LogP contribution < -0.4 is 15.5 Å². The minimum Gasteiger partial charge on any atom is -0.489 e. The maximum absolute atomic E-state index is 15.9. The maximum Gasteiger partial charge on any atom is 0.346 e. The maximum atomic E-state index is 15.9. The van der Waals surface area contributed by atoms with Crippen molar-refractivity contribution in [1.29, 1.82) is 0 Å². The number of pyridine rings is 1. The molecule has 260 valence electrons. The van der Waals surface area contributed by atoms with Crippen LogP contribution in [0.1, 0.15) is 41.7 Å². The molecule has 0 bridgehead atoms. The number of carboxylic acid groups (broad SMARTS) is 1. The highest BCUT2D eigenvalue weighted by molar-refractivity contribution is 5.96. The zero-order valence-corrected chi connectivity index (χ0v) is 24.6. The predicted octanol–water partition coefficient (Wildman–Crippen LogP) is -4.52. The summed E-state index contributed by atoms with van der Waals surface area (Å²) < 4.78 is 33.2. The Balaban J connectivity index is 1.49. The molecule has 1 aliphatic carbocycles. The standard InChI is InChI=1S/C28H35FN2O16/c1-8-7-45-22-13(28(2-3-28)30-24(41)20(39)17(36)16(35)12(33)6-32)11(29)4-9-14(22)31(8)5-10(15(9)34)26(44)47-27-21(40)18(37)19(38)23(46-27)25(42)43/h4-5,8,12,16-21,23-24,27,30,32-33,35-41H,2-3,6-7H2,1H3,(H,42,43)/t8-,12?,16?,17?,18+,19+,20?,21-,23+,24?,27+/m0/s1. The summed E-state index contributed by atoms with van der Waals surface area (Å²) in [5.74, 6) is -4.31. The minimum atomic E-state index is -2.13. The van der Waals surface area contributed by atoms with Crippen LogP contribution in [0.3, 0.4) is 0 Å². The number of halogens is 1. The molecule has 11 atom stereocenters. The monoisotopic (exact) mass is 674 g/mol. The summed E-state index contributed by atoms with van der Waals surface area (Å²) in [6.45, 7) is 0.596. The van der Waals surface area contributed by atoms with E-state index in [2.05, 4.69) is 5.32 Å². The van der Waals surface area contributed by atoms with E-state index in [1.54, 1.807) is 6.92 Å². The van der Waals surface area contributed by atoms with Crippen LogP contribution in [0.4, 0.5) is 4.39 Å². The van der Waals surface area contributed by atoms with E-state index in [0.29, 0.717) is 0 Å². The molecule has 18 nitrogen and oxygen atoms in total. The van der Waals surface area contributed by atoms with Gasteiger partial charge in [0.2, 0.25) is 11.7 Å². The van der Waals surface area contributed by atoms with Gasteiger partial charge >= 0.3 is 11.9 Å². The molecule has 2 aromatic rings. The summed E-state index contributed by atoms with van der Waals surface area (Å²) in [7, 11) is 0. The van der Waals surface area contributed by atoms with Crippen molar-refractivity contribution in [1.82, 2.24) is 9.88 Å². The smallest absolute Gasteiger partial charge is 0.346 e. The Bertz CT molecular complexity index is 1600. The molecule has 0 amide bonds. The topological polar surface area (TPSA) is 298 Å². The van der Waals surface area contributed by atoms with Crippen LogP contribution in [0.25, 0.3) is 10.9 Å². The lowest BCUT2D eigenvalue weighted by molar-refractivity contribution is -0.278. The molecule has 5 unspecified atom stereocenters. The Labute approximate surface area is 263 Å². The van der Waals surface area contributed by atoms with Gasteiger partial charge in [-0.3, -0.25) is 10.1 Å². The normalized spacial score (nSPS) is 29.7. The van der Waals surface area contributed by atoms with E-state index in [9.17, 15) is 60.3 Å². The van der Waals surface area contributed by atoms with Crippen LogP contribution in [0.15, 0.2) is 17.1 Å². The molecule has 19 heteroatoms. The number of ether oxygens (including phenoxy) is 3. The molecule has 1 saturated carbocycles. The summed E-state index contributed by atoms with van der Waals surface area (Å²) in [5.41, 5.74) is -3.23. The lowest BCUT2D eigenvalue weighted by Crippen LogP contribution is -2.60. The largest absolute Gasteiger partial charge is 0.489 e. The second-order valence-electron chi connectivity index (χ2n) is 11.9. The van der Waals surface area contributed by atoms with Crippen LogP contribution >= 0.6 is 0 Å². The first-order chi connectivity index (χ1) is 22.0. The Morgan fingerprint density at radius 1 is 1.09 bits per heavy atom. The van der Waals surface area contributed by atoms with Gasteiger partial charge in [0.05, 0.1) is 34.7 Å². The molecule has 11 N–H and O–H groups in total. The summed E-state index contributed by atoms with van der Waals surface area (Å²) in [6, 6.07) is 0.254. The van der Waals surface area contributed by atoms with Crippen LogP contribution in [0.5, 0.6) is 5.75 Å². The number of carbonyl (C=O) groups is 2. The van der Waals surface area contributed by atoms with Gasteiger partial charge in [-0.25, -0.2) is 14.0 Å². The molecule has 47 heavy (non-hydrogen) atoms. The van der Waals surface area contributed by atoms with Gasteiger partial charge in [-0.05, 0) is 25.8 Å². The molecule has 1 aromatic carbocycles. The van der Waals surface area contributed by atoms with Gasteiger partial charge in [0.25, 0.3) is 0 Å². The minimum absolute atomic E-state index is 0.0461. The predicted molar refractivity (Wildman–Crippen MR) is 149 cm³/mol. The number of hydrogen-bond acceptors (Lipinski definition) is 16. The van der Waals surface area contributed by atoms with Crippen LogP contribution in [-0.4, -0.2) is 142 Å². The molecule has 3 heterocycles. The van der Waals surface area contributed by atoms with E-state index in [1.807, 2.05) is 0 Å². The van der Waals surface area contributed by atoms with Crippen molar-refractivity contribution in [3.63, 3.8) is 0 Å². The van der Waals surface area contributed by atoms with Crippen LogP contribution in [0, 0.1) is 5.82 Å². The first-order valence-electron chi connectivity index (χ1n) is 14.5. The van der Waals surface area contributed by atoms with Crippen molar-refractivity contribution in [3.05, 3.63) is 39.4 Å². The second kappa shape index (κ2) is 12.9. The van der Waals surface area contributed by atoms with Gasteiger partial charge in [0, 0.05) is 6.20 Å². The number of carboxylic acids is 1. The first-order valence-corrected chi connectivity index (χ1v) is 14.5. The SMILES string of the molecule is C[C@H]1COc2c(C3(NC(O)C(O)C(O)C(O)C(O)CO)CC3)c(F)cc3c(=O)c(C(=O)O[C@H]4O[C@@H](C(=O)O)[C@H](O)[C@@H](O)[C@@H]4O)cn1c23. The van der Waals surface area contributed by atoms with Gasteiger partial charge in [0.15, 0.2) is 11.9 Å². The van der Waals surface area contributed by atoms with Crippen molar-refractivity contribution in [2.24, 2.45) is 0 Å². The average molecular weight is 675 g/mol. The van der Waals surface area contributed by atoms with Crippen molar-refractivity contribution < 1.29 is 79.3 Å². The summed E-state index contributed by atoms with van der Waals surface area (Å²) in [4.78, 5) is 38.1. The molecule has 2 fully saturated rings. The number of aliphatic hydroxyl groups is 9. The highest BCUT2D eigenvalue weighted by Gasteiger charge is 2.52. The van der Waals surface area contributed by atoms with E-state index in [-0.39, 0.29) is 41.7 Å². The molecule has 0 radical (unpaired) electrons. The van der Waals surface area contributed by atoms with Gasteiger partial charge in [-0.15, -0.1) is 0 Å². The zero-order valence-electron chi connectivity index (χ0n) is 24.6. The first kappa shape index (κ1) is 35.0. The fraction of sp³-hybridized carbons (Fsp3) is 0.607. The highest BCUT2D eigenvalue weighted by Crippen LogP contribution is 2.53. The quantitative estimate of drug-likeness (QED) is 0.0790. The number of nitrogens with one attached hydrogen (secondary N) is 1. The molecule has 5 rings (SSSR count). The average Bonchev–Trinajstić information content (AvgIpc) is 3.81. The number of aromatic nitrogens is 1. The molecule has 0 spiro atoms. The molecule has 2 aliphatic heterocycles. The number of esters is 1. The van der Waals surface area contributed by atoms with Gasteiger partial charge in [0.1, 0.15) is 66.9 Å². The van der Waals surface area contributed by atoms with Crippen molar-refractivity contribution in [3.8, 4) is 5.75 Å². The number of aliphatic hydroxyl groups excluding tert-OH is 9. The lowest BCUT2D eigenvalue weighted by Gasteiger charge is -2.38. The number of nitrogens with zero attached hydrogens (tertiary/aromatic N) is 1. The van der Waals surface area contributed by atoms with E-state index >= 15 is 4.39 Å². The second-order valence-corrected chi connectivity index (χ2v) is 11.9. The molecule has 1 aromatic heterocycles.